The minimum absolute atomic E-state index is 0. The standard InChI is InChI=1S/2C20H14N2O2.C15H13NO2.C14H17NO2.C9H9NO2S.5Zn/c23-17-11-12-21-13-16(17)20-22-18(14-7-3-1-4-8-14)19(24-20)15-9-5-2-6-10-15;23-17-12-5-4-10-15(17)20-22-18(14-8-2-1-3-9-14)19(24-20)16-11-6-7-13-21-16;1-9-10(2)18-15(16-9)13-8-7-11-5-3-4-6-12(11)14(13)17;1-9-12(14(2,3)4)17-13(15-9)10-7-5-6-8-11(10)16;1-5-6(2)12-8(10-5)7-3-4-13-9(7)11;;;;;/h1-13H,(H,21,23);1-13,23H;3-8,17H,1-2H3;5-8,16H,1-4H3;3-4,11H,1-2H3;;;;;. The summed E-state index contributed by atoms with van der Waals surface area (Å²) in [7, 11) is 0. The van der Waals surface area contributed by atoms with E-state index in [1.807, 2.05) is 192 Å². The Kier molecular flexibility index (Phi) is 29.7. The van der Waals surface area contributed by atoms with Crippen LogP contribution in [0.2, 0.25) is 0 Å². The zero-order valence-electron chi connectivity index (χ0n) is 57.3. The Hall–Kier alpha value is -9.03. The van der Waals surface area contributed by atoms with Gasteiger partial charge in [0.1, 0.15) is 57.4 Å². The summed E-state index contributed by atoms with van der Waals surface area (Å²) in [5.74, 6) is 6.45. The molecule has 7 aromatic carbocycles. The van der Waals surface area contributed by atoms with Crippen LogP contribution in [-0.4, -0.2) is 60.4 Å². The number of aromatic hydroxyl groups is 5. The van der Waals surface area contributed by atoms with Gasteiger partial charge in [0.05, 0.1) is 44.9 Å². The number of fused-ring (bicyclic) bond motifs is 1. The molecule has 0 aliphatic rings. The number of aromatic nitrogens is 7. The van der Waals surface area contributed by atoms with Gasteiger partial charge in [-0.05, 0) is 100.0 Å². The number of hydrogen-bond donors (Lipinski definition) is 5. The van der Waals surface area contributed by atoms with Crippen molar-refractivity contribution < 1.29 is 145 Å². The van der Waals surface area contributed by atoms with Gasteiger partial charge in [0, 0.05) is 143 Å². The molecule has 15 aromatic rings. The first-order valence-electron chi connectivity index (χ1n) is 30.5. The van der Waals surface area contributed by atoms with Gasteiger partial charge in [0.25, 0.3) is 0 Å². The molecule has 0 unspecified atom stereocenters. The summed E-state index contributed by atoms with van der Waals surface area (Å²) in [4.78, 5) is 30.6. The Morgan fingerprint density at radius 1 is 0.366 bits per heavy atom. The second-order valence-corrected chi connectivity index (χ2v) is 23.9. The van der Waals surface area contributed by atoms with Crippen molar-refractivity contribution in [2.45, 2.75) is 60.8 Å². The molecule has 0 aliphatic carbocycles. The van der Waals surface area contributed by atoms with E-state index in [1.165, 1.54) is 23.6 Å². The van der Waals surface area contributed by atoms with E-state index in [9.17, 15) is 25.5 Å². The molecule has 8 heterocycles. The summed E-state index contributed by atoms with van der Waals surface area (Å²) in [6, 6.07) is 63.9. The van der Waals surface area contributed by atoms with Crippen LogP contribution in [0.25, 0.3) is 113 Å². The molecular weight excluding hydrogens is 1550 g/mol. The molecule has 23 heteroatoms. The van der Waals surface area contributed by atoms with Crippen molar-refractivity contribution in [2.24, 2.45) is 0 Å². The summed E-state index contributed by atoms with van der Waals surface area (Å²) in [6.45, 7) is 15.7. The van der Waals surface area contributed by atoms with Crippen LogP contribution in [0.1, 0.15) is 55.1 Å². The van der Waals surface area contributed by atoms with Crippen molar-refractivity contribution in [2.75, 3.05) is 0 Å². The number of thiophene rings is 1. The van der Waals surface area contributed by atoms with Gasteiger partial charge in [0.2, 0.25) is 29.5 Å². The van der Waals surface area contributed by atoms with E-state index in [-0.39, 0.29) is 131 Å². The van der Waals surface area contributed by atoms with E-state index in [4.69, 9.17) is 22.1 Å². The largest absolute Gasteiger partial charge is 0.507 e. The van der Waals surface area contributed by atoms with Crippen LogP contribution in [0, 0.1) is 34.6 Å². The molecule has 8 aromatic heterocycles. The minimum Gasteiger partial charge on any atom is -0.507 e. The fraction of sp³-hybridized carbons (Fsp3) is 0.115. The molecule has 0 bridgehead atoms. The molecule has 0 saturated carbocycles. The van der Waals surface area contributed by atoms with E-state index in [2.05, 4.69) is 55.7 Å². The van der Waals surface area contributed by atoms with Gasteiger partial charge in [-0.15, -0.1) is 11.3 Å². The molecule has 0 aliphatic heterocycles. The average molecular weight is 1620 g/mol. The van der Waals surface area contributed by atoms with Crippen molar-refractivity contribution in [3.8, 4) is 131 Å². The van der Waals surface area contributed by atoms with E-state index >= 15 is 0 Å². The zero-order chi connectivity index (χ0) is 67.5. The normalized spacial score (nSPS) is 10.4. The summed E-state index contributed by atoms with van der Waals surface area (Å²) >= 11 is 1.27. The number of phenolic OH excluding ortho intramolecular Hbond substituents is 3. The van der Waals surface area contributed by atoms with Crippen LogP contribution in [-0.2, 0) is 103 Å². The Morgan fingerprint density at radius 2 is 0.822 bits per heavy atom. The van der Waals surface area contributed by atoms with Crippen LogP contribution < -0.4 is 0 Å². The SMILES string of the molecule is Cc1nc(-c2ccc3ccccc3c2O)oc1C.Cc1nc(-c2ccccc2O)oc1C(C)(C)C.Cc1nc(-c2ccsc2O)oc1C.Oc1ccccc1-c1nc(-c2ccccc2)c(-c2ccccn2)o1.Oc1ccncc1-c1nc(-c2ccccc2)c(-c2ccccc2)o1.[Zn].[Zn].[Zn].[Zn].[Zn]. The predicted molar refractivity (Wildman–Crippen MR) is 373 cm³/mol. The maximum Gasteiger partial charge on any atom is 0.232 e. The number of rotatable bonds is 9. The topological polar surface area (TPSA) is 257 Å². The van der Waals surface area contributed by atoms with Gasteiger partial charge in [-0.1, -0.05) is 172 Å². The van der Waals surface area contributed by atoms with Crippen LogP contribution >= 0.6 is 11.3 Å². The quantitative estimate of drug-likeness (QED) is 0.0842. The number of pyridine rings is 2. The smallest absolute Gasteiger partial charge is 0.232 e. The molecule has 0 fully saturated rings. The van der Waals surface area contributed by atoms with Gasteiger partial charge < -0.3 is 47.6 Å². The molecule has 0 atom stereocenters. The van der Waals surface area contributed by atoms with Gasteiger partial charge in [0.15, 0.2) is 16.6 Å². The van der Waals surface area contributed by atoms with Crippen LogP contribution in [0.5, 0.6) is 28.1 Å². The van der Waals surface area contributed by atoms with Gasteiger partial charge in [-0.3, -0.25) is 9.97 Å². The van der Waals surface area contributed by atoms with E-state index in [0.29, 0.717) is 80.2 Å². The van der Waals surface area contributed by atoms with Gasteiger partial charge in [-0.25, -0.2) is 24.9 Å². The Bertz CT molecular complexity index is 4780. The van der Waals surface area contributed by atoms with Crippen molar-refractivity contribution in [1.82, 2.24) is 34.9 Å². The van der Waals surface area contributed by atoms with Gasteiger partial charge >= 0.3 is 0 Å². The first kappa shape index (κ1) is 80.9. The molecule has 0 amide bonds. The second kappa shape index (κ2) is 37.1. The number of aryl methyl sites for hydroxylation is 5. The Balaban J connectivity index is 0.000000199. The molecule has 490 valence electrons. The third-order valence-electron chi connectivity index (χ3n) is 15.1. The monoisotopic (exact) mass is 1610 g/mol. The molecule has 0 radical (unpaired) electrons. The molecule has 15 rings (SSSR count). The maximum absolute atomic E-state index is 10.3. The van der Waals surface area contributed by atoms with Crippen LogP contribution in [0.3, 0.4) is 0 Å². The number of nitrogens with zero attached hydrogens (tertiary/aromatic N) is 7. The zero-order valence-corrected chi connectivity index (χ0v) is 72.9. The molecule has 101 heavy (non-hydrogen) atoms. The van der Waals surface area contributed by atoms with Crippen LogP contribution in [0.15, 0.2) is 252 Å². The number of oxazole rings is 5. The van der Waals surface area contributed by atoms with Crippen LogP contribution in [0.4, 0.5) is 0 Å². The first-order chi connectivity index (χ1) is 46.4. The third-order valence-corrected chi connectivity index (χ3v) is 15.8. The van der Waals surface area contributed by atoms with E-state index < -0.39 is 0 Å². The van der Waals surface area contributed by atoms with Crippen molar-refractivity contribution in [1.29, 1.82) is 0 Å². The van der Waals surface area contributed by atoms with Gasteiger partial charge in [-0.2, -0.15) is 0 Å². The maximum atomic E-state index is 10.3. The molecule has 17 nitrogen and oxygen atoms in total. The van der Waals surface area contributed by atoms with Crippen molar-refractivity contribution >= 4 is 22.1 Å². The number of hydrogen-bond acceptors (Lipinski definition) is 18. The average Bonchev–Trinajstić information content (AvgIpc) is 1.74. The van der Waals surface area contributed by atoms with E-state index in [0.717, 1.165) is 67.5 Å². The second-order valence-electron chi connectivity index (χ2n) is 23.0. The summed E-state index contributed by atoms with van der Waals surface area (Å²) < 4.78 is 28.7. The molecule has 0 saturated heterocycles. The number of phenols is 3. The van der Waals surface area contributed by atoms with Crippen molar-refractivity contribution in [3.05, 3.63) is 265 Å². The molecular formula is C78H67N7O10SZn5. The summed E-state index contributed by atoms with van der Waals surface area (Å²) in [6.07, 6.45) is 4.79. The Morgan fingerprint density at radius 3 is 1.32 bits per heavy atom. The predicted octanol–water partition coefficient (Wildman–Crippen LogP) is 19.7. The third kappa shape index (κ3) is 19.5. The summed E-state index contributed by atoms with van der Waals surface area (Å²) in [5.41, 5.74) is 10.4. The van der Waals surface area contributed by atoms with E-state index in [1.54, 1.807) is 60.2 Å². The number of benzene rings is 7. The molecule has 5 N–H and O–H groups in total. The fourth-order valence-corrected chi connectivity index (χ4v) is 10.7. The molecule has 0 spiro atoms. The summed E-state index contributed by atoms with van der Waals surface area (Å²) in [5, 5.41) is 53.5. The van der Waals surface area contributed by atoms with Crippen molar-refractivity contribution in [3.63, 3.8) is 0 Å². The fourth-order valence-electron chi connectivity index (χ4n) is 10.0. The first-order valence-corrected chi connectivity index (χ1v) is 31.4. The number of para-hydroxylation sites is 2. The Labute approximate surface area is 652 Å². The minimum atomic E-state index is -0.0836.